The summed E-state index contributed by atoms with van der Waals surface area (Å²) in [5.41, 5.74) is 4.80. The third-order valence-corrected chi connectivity index (χ3v) is 4.99. The molecule has 156 valence electrons. The summed E-state index contributed by atoms with van der Waals surface area (Å²) in [6.07, 6.45) is 0. The minimum absolute atomic E-state index is 0.0503. The average molecular weight is 480 g/mol. The van der Waals surface area contributed by atoms with Gasteiger partial charge in [0.2, 0.25) is 5.55 Å². The number of carbonyl (C=O) groups is 1. The van der Waals surface area contributed by atoms with Gasteiger partial charge < -0.3 is 19.6 Å². The second kappa shape index (κ2) is 8.93. The van der Waals surface area contributed by atoms with Crippen LogP contribution in [0.3, 0.4) is 0 Å². The van der Waals surface area contributed by atoms with Crippen LogP contribution in [0.4, 0.5) is 11.4 Å². The molecule has 1 heterocycles. The Morgan fingerprint density at radius 2 is 1.84 bits per heavy atom. The van der Waals surface area contributed by atoms with Crippen molar-refractivity contribution in [3.8, 4) is 11.5 Å². The van der Waals surface area contributed by atoms with Crippen molar-refractivity contribution in [2.75, 3.05) is 17.9 Å². The molecule has 0 unspecified atom stereocenters. The number of hydrogen-bond donors (Lipinski definition) is 3. The highest BCUT2D eigenvalue weighted by Gasteiger charge is 2.15. The molecule has 4 rings (SSSR count). The molecule has 4 aromatic rings. The Balaban J connectivity index is 1.77. The molecule has 0 saturated carbocycles. The molecule has 7 nitrogen and oxygen atoms in total. The monoisotopic (exact) mass is 479 g/mol. The van der Waals surface area contributed by atoms with Gasteiger partial charge in [-0.1, -0.05) is 28.1 Å². The molecule has 1 amide bonds. The van der Waals surface area contributed by atoms with Gasteiger partial charge in [-0.25, -0.2) is 0 Å². The lowest BCUT2D eigenvalue weighted by Gasteiger charge is -2.10. The van der Waals surface area contributed by atoms with Crippen LogP contribution in [0.1, 0.15) is 10.4 Å². The van der Waals surface area contributed by atoms with E-state index in [2.05, 4.69) is 31.8 Å². The fourth-order valence-corrected chi connectivity index (χ4v) is 3.19. The van der Waals surface area contributed by atoms with Crippen molar-refractivity contribution in [3.05, 3.63) is 88.4 Å². The van der Waals surface area contributed by atoms with Crippen LogP contribution in [-0.4, -0.2) is 18.1 Å². The Morgan fingerprint density at radius 3 is 2.61 bits per heavy atom. The van der Waals surface area contributed by atoms with E-state index in [0.29, 0.717) is 28.1 Å². The highest BCUT2D eigenvalue weighted by molar-refractivity contribution is 9.10. The van der Waals surface area contributed by atoms with Crippen LogP contribution in [-0.2, 0) is 0 Å². The van der Waals surface area contributed by atoms with Gasteiger partial charge >= 0.3 is 0 Å². The van der Waals surface area contributed by atoms with Gasteiger partial charge in [0.05, 0.1) is 18.5 Å². The Hall–Kier alpha value is -3.78. The molecule has 0 aliphatic heterocycles. The number of benzene rings is 3. The molecule has 8 heteroatoms. The maximum absolute atomic E-state index is 13.1. The standard InChI is InChI=1S/C23H18BrN3O4/c1-30-20-5-3-2-4-19(20)25-22(29)18-12-14-6-11-17(28)13-21(14)31-23(18)27-26-16-9-7-15(24)8-10-16/h2-13,26,28H,1H3,(H,25,29)/b27-23+. The molecule has 0 saturated heterocycles. The number of phenolic OH excluding ortho intramolecular Hbond substituents is 1. The topological polar surface area (TPSA) is 96.1 Å². The SMILES string of the molecule is COc1ccccc1NC(=O)c1cc2ccc(O)cc2o/c1=N/Nc1ccc(Br)cc1. The zero-order valence-corrected chi connectivity index (χ0v) is 18.0. The van der Waals surface area contributed by atoms with E-state index >= 15 is 0 Å². The highest BCUT2D eigenvalue weighted by atomic mass is 79.9. The van der Waals surface area contributed by atoms with Crippen molar-refractivity contribution in [2.24, 2.45) is 5.10 Å². The maximum Gasteiger partial charge on any atom is 0.261 e. The number of nitrogens with one attached hydrogen (secondary N) is 2. The van der Waals surface area contributed by atoms with E-state index in [1.165, 1.54) is 19.2 Å². The number of fused-ring (bicyclic) bond motifs is 1. The minimum atomic E-state index is -0.417. The summed E-state index contributed by atoms with van der Waals surface area (Å²) in [7, 11) is 1.53. The molecule has 0 aliphatic rings. The number of methoxy groups -OCH3 is 1. The molecule has 31 heavy (non-hydrogen) atoms. The number of nitrogens with zero attached hydrogens (tertiary/aromatic N) is 1. The lowest BCUT2D eigenvalue weighted by molar-refractivity contribution is 0.102. The third-order valence-electron chi connectivity index (χ3n) is 4.46. The molecular formula is C23H18BrN3O4. The summed E-state index contributed by atoms with van der Waals surface area (Å²) in [5, 5.41) is 17.5. The summed E-state index contributed by atoms with van der Waals surface area (Å²) in [6, 6.07) is 20.8. The van der Waals surface area contributed by atoms with Gasteiger partial charge in [-0.15, -0.1) is 5.10 Å². The molecule has 3 N–H and O–H groups in total. The first-order valence-corrected chi connectivity index (χ1v) is 10.1. The summed E-state index contributed by atoms with van der Waals surface area (Å²) in [4.78, 5) is 13.1. The van der Waals surface area contributed by atoms with E-state index in [-0.39, 0.29) is 16.9 Å². The van der Waals surface area contributed by atoms with Gasteiger partial charge in [0.15, 0.2) is 0 Å². The fraction of sp³-hybridized carbons (Fsp3) is 0.0435. The number of para-hydroxylation sites is 2. The maximum atomic E-state index is 13.1. The summed E-state index contributed by atoms with van der Waals surface area (Å²) >= 11 is 3.39. The van der Waals surface area contributed by atoms with E-state index in [9.17, 15) is 9.90 Å². The lowest BCUT2D eigenvalue weighted by atomic mass is 10.1. The summed E-state index contributed by atoms with van der Waals surface area (Å²) < 4.78 is 12.1. The predicted molar refractivity (Wildman–Crippen MR) is 122 cm³/mol. The van der Waals surface area contributed by atoms with Crippen LogP contribution in [0.5, 0.6) is 11.5 Å². The first-order chi connectivity index (χ1) is 15.0. The van der Waals surface area contributed by atoms with E-state index in [1.807, 2.05) is 30.3 Å². The predicted octanol–water partition coefficient (Wildman–Crippen LogP) is 5.09. The number of phenols is 1. The number of carbonyl (C=O) groups excluding carboxylic acids is 1. The molecule has 3 aromatic carbocycles. The van der Waals surface area contributed by atoms with Crippen molar-refractivity contribution in [1.82, 2.24) is 0 Å². The number of ether oxygens (including phenoxy) is 1. The first kappa shape index (κ1) is 20.5. The van der Waals surface area contributed by atoms with Gasteiger partial charge in [-0.2, -0.15) is 0 Å². The number of amides is 1. The first-order valence-electron chi connectivity index (χ1n) is 9.30. The second-order valence-electron chi connectivity index (χ2n) is 6.57. The molecule has 0 spiro atoms. The third kappa shape index (κ3) is 4.70. The zero-order valence-electron chi connectivity index (χ0n) is 16.4. The average Bonchev–Trinajstić information content (AvgIpc) is 2.78. The van der Waals surface area contributed by atoms with E-state index < -0.39 is 5.91 Å². The lowest BCUT2D eigenvalue weighted by Crippen LogP contribution is -2.23. The summed E-state index contributed by atoms with van der Waals surface area (Å²) in [6.45, 7) is 0. The van der Waals surface area contributed by atoms with E-state index in [4.69, 9.17) is 9.15 Å². The van der Waals surface area contributed by atoms with Gasteiger partial charge in [-0.05, 0) is 54.6 Å². The smallest absolute Gasteiger partial charge is 0.261 e. The Bertz CT molecular complexity index is 1320. The zero-order chi connectivity index (χ0) is 21.8. The van der Waals surface area contributed by atoms with Gasteiger partial charge in [-0.3, -0.25) is 10.2 Å². The minimum Gasteiger partial charge on any atom is -0.508 e. The van der Waals surface area contributed by atoms with Gasteiger partial charge in [0.1, 0.15) is 22.6 Å². The Labute approximate surface area is 186 Å². The molecular weight excluding hydrogens is 462 g/mol. The number of rotatable bonds is 5. The van der Waals surface area contributed by atoms with Crippen molar-refractivity contribution >= 4 is 44.2 Å². The van der Waals surface area contributed by atoms with Crippen LogP contribution >= 0.6 is 15.9 Å². The van der Waals surface area contributed by atoms with Crippen LogP contribution < -0.4 is 21.0 Å². The van der Waals surface area contributed by atoms with Crippen molar-refractivity contribution in [2.45, 2.75) is 0 Å². The van der Waals surface area contributed by atoms with Crippen LogP contribution in [0.25, 0.3) is 11.0 Å². The Morgan fingerprint density at radius 1 is 1.06 bits per heavy atom. The van der Waals surface area contributed by atoms with Crippen LogP contribution in [0.2, 0.25) is 0 Å². The molecule has 0 fully saturated rings. The molecule has 0 radical (unpaired) electrons. The van der Waals surface area contributed by atoms with Crippen LogP contribution in [0.15, 0.2) is 86.8 Å². The van der Waals surface area contributed by atoms with E-state index in [0.717, 1.165) is 4.47 Å². The fourth-order valence-electron chi connectivity index (χ4n) is 2.93. The highest BCUT2D eigenvalue weighted by Crippen LogP contribution is 2.24. The molecule has 0 atom stereocenters. The van der Waals surface area contributed by atoms with Crippen LogP contribution in [0, 0.1) is 0 Å². The van der Waals surface area contributed by atoms with Crippen molar-refractivity contribution in [3.63, 3.8) is 0 Å². The number of anilines is 2. The number of halogens is 1. The van der Waals surface area contributed by atoms with Gasteiger partial charge in [0, 0.05) is 15.9 Å². The number of aromatic hydroxyl groups is 1. The van der Waals surface area contributed by atoms with Crippen molar-refractivity contribution in [1.29, 1.82) is 0 Å². The molecule has 0 bridgehead atoms. The van der Waals surface area contributed by atoms with E-state index in [1.54, 1.807) is 30.3 Å². The van der Waals surface area contributed by atoms with Gasteiger partial charge in [0.25, 0.3) is 5.91 Å². The van der Waals surface area contributed by atoms with Crippen molar-refractivity contribution < 1.29 is 19.1 Å². The quantitative estimate of drug-likeness (QED) is 0.346. The summed E-state index contributed by atoms with van der Waals surface area (Å²) in [5.74, 6) is 0.166. The molecule has 0 aliphatic carbocycles. The Kier molecular flexibility index (Phi) is 5.90. The molecule has 1 aromatic heterocycles. The largest absolute Gasteiger partial charge is 0.508 e. The second-order valence-corrected chi connectivity index (χ2v) is 7.49. The normalized spacial score (nSPS) is 11.4. The number of hydrogen-bond acceptors (Lipinski definition) is 6.